The van der Waals surface area contributed by atoms with E-state index in [0.717, 1.165) is 12.8 Å². The summed E-state index contributed by atoms with van der Waals surface area (Å²) in [5, 5.41) is 7.28. The van der Waals surface area contributed by atoms with Gasteiger partial charge in [0, 0.05) is 5.69 Å². The summed E-state index contributed by atoms with van der Waals surface area (Å²) in [6.07, 6.45) is 2.21. The Morgan fingerprint density at radius 3 is 2.77 bits per heavy atom. The standard InChI is InChI=1S/C10H14N2.ClH/c1-6(2)8-4-9-7(3)11-12-10(9)5-8;/h8H,1,4-5H2,2-3H3,(H,11,12);1H. The molecule has 1 aliphatic rings. The number of fused-ring (bicyclic) bond motifs is 1. The normalized spacial score (nSPS) is 19.4. The van der Waals surface area contributed by atoms with Gasteiger partial charge in [-0.1, -0.05) is 12.2 Å². The van der Waals surface area contributed by atoms with Gasteiger partial charge >= 0.3 is 0 Å². The number of aromatic amines is 1. The second-order valence-electron chi connectivity index (χ2n) is 3.73. The summed E-state index contributed by atoms with van der Waals surface area (Å²) >= 11 is 0. The Balaban J connectivity index is 0.000000845. The molecule has 13 heavy (non-hydrogen) atoms. The molecular formula is C10H15ClN2. The fourth-order valence-corrected chi connectivity index (χ4v) is 1.84. The largest absolute Gasteiger partial charge is 0.282 e. The van der Waals surface area contributed by atoms with Gasteiger partial charge in [-0.25, -0.2) is 0 Å². The molecule has 0 saturated carbocycles. The second kappa shape index (κ2) is 3.54. The third kappa shape index (κ3) is 1.63. The Kier molecular flexibility index (Phi) is 2.81. The molecule has 1 N–H and O–H groups in total. The summed E-state index contributed by atoms with van der Waals surface area (Å²) in [6.45, 7) is 8.19. The number of aryl methyl sites for hydroxylation is 1. The fourth-order valence-electron chi connectivity index (χ4n) is 1.84. The first-order valence-electron chi connectivity index (χ1n) is 4.36. The van der Waals surface area contributed by atoms with Gasteiger partial charge in [-0.05, 0) is 38.2 Å². The fraction of sp³-hybridized carbons (Fsp3) is 0.500. The van der Waals surface area contributed by atoms with Crippen molar-refractivity contribution in [1.29, 1.82) is 0 Å². The van der Waals surface area contributed by atoms with Crippen LogP contribution in [0.4, 0.5) is 0 Å². The lowest BCUT2D eigenvalue weighted by molar-refractivity contribution is 0.646. The number of hydrogen-bond donors (Lipinski definition) is 1. The Morgan fingerprint density at radius 2 is 2.23 bits per heavy atom. The molecule has 72 valence electrons. The van der Waals surface area contributed by atoms with Crippen molar-refractivity contribution in [3.8, 4) is 0 Å². The van der Waals surface area contributed by atoms with E-state index in [0.29, 0.717) is 5.92 Å². The molecule has 0 aliphatic heterocycles. The number of allylic oxidation sites excluding steroid dienone is 1. The van der Waals surface area contributed by atoms with E-state index in [1.54, 1.807) is 0 Å². The number of H-pyrrole nitrogens is 1. The van der Waals surface area contributed by atoms with Crippen LogP contribution in [0.2, 0.25) is 0 Å². The van der Waals surface area contributed by atoms with Crippen molar-refractivity contribution in [1.82, 2.24) is 10.2 Å². The van der Waals surface area contributed by atoms with E-state index < -0.39 is 0 Å². The molecule has 0 radical (unpaired) electrons. The molecule has 1 unspecified atom stereocenters. The molecule has 2 rings (SSSR count). The van der Waals surface area contributed by atoms with Gasteiger partial charge in [0.2, 0.25) is 0 Å². The predicted molar refractivity (Wildman–Crippen MR) is 56.3 cm³/mol. The van der Waals surface area contributed by atoms with Crippen molar-refractivity contribution in [2.45, 2.75) is 26.7 Å². The zero-order valence-corrected chi connectivity index (χ0v) is 8.87. The minimum absolute atomic E-state index is 0. The van der Waals surface area contributed by atoms with E-state index in [9.17, 15) is 0 Å². The summed E-state index contributed by atoms with van der Waals surface area (Å²) in [6, 6.07) is 0. The molecule has 2 nitrogen and oxygen atoms in total. The van der Waals surface area contributed by atoms with E-state index in [1.165, 1.54) is 22.5 Å². The first-order chi connectivity index (χ1) is 5.68. The van der Waals surface area contributed by atoms with Gasteiger partial charge in [-0.3, -0.25) is 5.10 Å². The lowest BCUT2D eigenvalue weighted by Gasteiger charge is -2.06. The lowest BCUT2D eigenvalue weighted by atomic mass is 9.99. The van der Waals surface area contributed by atoms with E-state index in [2.05, 4.69) is 30.6 Å². The summed E-state index contributed by atoms with van der Waals surface area (Å²) in [5.41, 5.74) is 5.18. The van der Waals surface area contributed by atoms with E-state index in [4.69, 9.17) is 0 Å². The van der Waals surface area contributed by atoms with Gasteiger partial charge in [0.1, 0.15) is 0 Å². The molecule has 0 fully saturated rings. The molecule has 0 saturated heterocycles. The average molecular weight is 199 g/mol. The van der Waals surface area contributed by atoms with Crippen LogP contribution in [-0.2, 0) is 12.8 Å². The van der Waals surface area contributed by atoms with Crippen molar-refractivity contribution in [3.05, 3.63) is 29.1 Å². The number of nitrogens with zero attached hydrogens (tertiary/aromatic N) is 1. The molecule has 0 aromatic carbocycles. The highest BCUT2D eigenvalue weighted by Crippen LogP contribution is 2.30. The van der Waals surface area contributed by atoms with Crippen LogP contribution in [0.15, 0.2) is 12.2 Å². The maximum atomic E-state index is 4.26. The number of halogens is 1. The molecule has 3 heteroatoms. The van der Waals surface area contributed by atoms with Crippen LogP contribution in [0.5, 0.6) is 0 Å². The maximum absolute atomic E-state index is 4.26. The number of hydrogen-bond acceptors (Lipinski definition) is 1. The van der Waals surface area contributed by atoms with Gasteiger partial charge in [0.25, 0.3) is 0 Å². The SMILES string of the molecule is C=C(C)C1Cc2n[nH]c(C)c2C1.Cl. The predicted octanol–water partition coefficient (Wildman–Crippen LogP) is 2.43. The Bertz CT molecular complexity index is 328. The van der Waals surface area contributed by atoms with Crippen LogP contribution in [0, 0.1) is 12.8 Å². The number of nitrogens with one attached hydrogen (secondary N) is 1. The molecular weight excluding hydrogens is 184 g/mol. The number of aromatic nitrogens is 2. The molecule has 1 atom stereocenters. The summed E-state index contributed by atoms with van der Waals surface area (Å²) in [5.74, 6) is 0.635. The highest BCUT2D eigenvalue weighted by Gasteiger charge is 2.25. The quantitative estimate of drug-likeness (QED) is 0.690. The first kappa shape index (κ1) is 10.3. The molecule has 1 aromatic rings. The minimum Gasteiger partial charge on any atom is -0.282 e. The minimum atomic E-state index is 0. The van der Waals surface area contributed by atoms with Gasteiger partial charge in [0.05, 0.1) is 5.69 Å². The smallest absolute Gasteiger partial charge is 0.0663 e. The van der Waals surface area contributed by atoms with Crippen molar-refractivity contribution in [3.63, 3.8) is 0 Å². The van der Waals surface area contributed by atoms with Crippen LogP contribution >= 0.6 is 12.4 Å². The van der Waals surface area contributed by atoms with Crippen molar-refractivity contribution in [2.24, 2.45) is 5.92 Å². The van der Waals surface area contributed by atoms with Crippen LogP contribution in [-0.4, -0.2) is 10.2 Å². The van der Waals surface area contributed by atoms with Gasteiger partial charge in [0.15, 0.2) is 0 Å². The molecule has 0 spiro atoms. The van der Waals surface area contributed by atoms with Crippen LogP contribution in [0.3, 0.4) is 0 Å². The van der Waals surface area contributed by atoms with Crippen molar-refractivity contribution >= 4 is 12.4 Å². The summed E-state index contributed by atoms with van der Waals surface area (Å²) in [7, 11) is 0. The first-order valence-corrected chi connectivity index (χ1v) is 4.36. The maximum Gasteiger partial charge on any atom is 0.0663 e. The van der Waals surface area contributed by atoms with E-state index in [-0.39, 0.29) is 12.4 Å². The van der Waals surface area contributed by atoms with Gasteiger partial charge in [-0.15, -0.1) is 12.4 Å². The zero-order valence-electron chi connectivity index (χ0n) is 8.05. The van der Waals surface area contributed by atoms with Crippen LogP contribution in [0.1, 0.15) is 23.9 Å². The highest BCUT2D eigenvalue weighted by molar-refractivity contribution is 5.85. The molecule has 1 aliphatic carbocycles. The van der Waals surface area contributed by atoms with Gasteiger partial charge in [-0.2, -0.15) is 5.10 Å². The van der Waals surface area contributed by atoms with E-state index in [1.807, 2.05) is 0 Å². The average Bonchev–Trinajstić information content (AvgIpc) is 2.53. The summed E-state index contributed by atoms with van der Waals surface area (Å²) in [4.78, 5) is 0. The van der Waals surface area contributed by atoms with Crippen LogP contribution in [0.25, 0.3) is 0 Å². The Labute approximate surface area is 84.8 Å². The Morgan fingerprint density at radius 1 is 1.54 bits per heavy atom. The van der Waals surface area contributed by atoms with Crippen molar-refractivity contribution in [2.75, 3.05) is 0 Å². The Hall–Kier alpha value is -0.760. The summed E-state index contributed by atoms with van der Waals surface area (Å²) < 4.78 is 0. The second-order valence-corrected chi connectivity index (χ2v) is 3.73. The van der Waals surface area contributed by atoms with E-state index >= 15 is 0 Å². The highest BCUT2D eigenvalue weighted by atomic mass is 35.5. The third-order valence-corrected chi connectivity index (χ3v) is 2.75. The molecule has 1 heterocycles. The molecule has 0 amide bonds. The lowest BCUT2D eigenvalue weighted by Crippen LogP contribution is -2.01. The third-order valence-electron chi connectivity index (χ3n) is 2.75. The molecule has 1 aromatic heterocycles. The zero-order chi connectivity index (χ0) is 8.72. The van der Waals surface area contributed by atoms with Gasteiger partial charge < -0.3 is 0 Å². The number of rotatable bonds is 1. The topological polar surface area (TPSA) is 28.7 Å². The van der Waals surface area contributed by atoms with Crippen molar-refractivity contribution < 1.29 is 0 Å². The van der Waals surface area contributed by atoms with Crippen LogP contribution < -0.4 is 0 Å². The molecule has 0 bridgehead atoms. The monoisotopic (exact) mass is 198 g/mol.